The summed E-state index contributed by atoms with van der Waals surface area (Å²) in [4.78, 5) is 63.3. The second-order valence-corrected chi connectivity index (χ2v) is 9.03. The zero-order valence-electron chi connectivity index (χ0n) is 18.1. The Labute approximate surface area is 203 Å². The average Bonchev–Trinajstić information content (AvgIpc) is 3.11. The number of esters is 1. The summed E-state index contributed by atoms with van der Waals surface area (Å²) in [7, 11) is 0. The molecule has 1 aliphatic carbocycles. The number of halogens is 1. The van der Waals surface area contributed by atoms with E-state index < -0.39 is 30.3 Å². The molecule has 0 radical (unpaired) electrons. The van der Waals surface area contributed by atoms with Crippen molar-refractivity contribution in [3.63, 3.8) is 0 Å². The third-order valence-corrected chi connectivity index (χ3v) is 6.38. The van der Waals surface area contributed by atoms with E-state index in [4.69, 9.17) is 4.74 Å². The minimum atomic E-state index is -0.825. The van der Waals surface area contributed by atoms with Crippen LogP contribution in [0.5, 0.6) is 0 Å². The van der Waals surface area contributed by atoms with Gasteiger partial charge in [0.2, 0.25) is 0 Å². The quantitative estimate of drug-likeness (QED) is 0.350. The van der Waals surface area contributed by atoms with Crippen LogP contribution in [0.2, 0.25) is 0 Å². The molecule has 2 aromatic rings. The lowest BCUT2D eigenvalue weighted by Crippen LogP contribution is -2.43. The molecular weight excluding hydrogens is 506 g/mol. The van der Waals surface area contributed by atoms with Crippen LogP contribution in [0.15, 0.2) is 46.9 Å². The molecule has 0 spiro atoms. The van der Waals surface area contributed by atoms with E-state index in [1.54, 1.807) is 24.3 Å². The molecule has 9 nitrogen and oxygen atoms in total. The molecule has 0 atom stereocenters. The lowest BCUT2D eigenvalue weighted by Gasteiger charge is -2.29. The first kappa shape index (κ1) is 23.6. The second-order valence-electron chi connectivity index (χ2n) is 8.12. The molecule has 1 fully saturated rings. The maximum absolute atomic E-state index is 12.9. The van der Waals surface area contributed by atoms with Crippen LogP contribution < -0.4 is 10.9 Å². The van der Waals surface area contributed by atoms with Crippen molar-refractivity contribution < 1.29 is 28.7 Å². The summed E-state index contributed by atoms with van der Waals surface area (Å²) in [6.45, 7) is -0.641. The summed E-state index contributed by atoms with van der Waals surface area (Å²) < 4.78 is 5.80. The summed E-state index contributed by atoms with van der Waals surface area (Å²) in [6, 6.07) is 10.5. The number of nitrogens with zero attached hydrogens (tertiary/aromatic N) is 1. The number of benzene rings is 2. The second kappa shape index (κ2) is 10.2. The molecule has 1 heterocycles. The van der Waals surface area contributed by atoms with Crippen molar-refractivity contribution in [1.82, 2.24) is 15.8 Å². The monoisotopic (exact) mass is 527 g/mol. The lowest BCUT2D eigenvalue weighted by atomic mass is 9.94. The summed E-state index contributed by atoms with van der Waals surface area (Å²) >= 11 is 3.27. The van der Waals surface area contributed by atoms with Gasteiger partial charge in [0.25, 0.3) is 23.6 Å². The highest BCUT2D eigenvalue weighted by atomic mass is 79.9. The zero-order valence-corrected chi connectivity index (χ0v) is 19.7. The Hall–Kier alpha value is -3.53. The van der Waals surface area contributed by atoms with Gasteiger partial charge in [-0.3, -0.25) is 34.9 Å². The summed E-state index contributed by atoms with van der Waals surface area (Å²) in [5.74, 6) is -2.84. The molecule has 0 unspecified atom stereocenters. The van der Waals surface area contributed by atoms with Gasteiger partial charge in [-0.2, -0.15) is 0 Å². The molecular formula is C24H22BrN3O6. The van der Waals surface area contributed by atoms with Crippen molar-refractivity contribution >= 4 is 45.5 Å². The number of amides is 4. The van der Waals surface area contributed by atoms with Gasteiger partial charge < -0.3 is 4.74 Å². The van der Waals surface area contributed by atoms with E-state index in [9.17, 15) is 24.0 Å². The Balaban J connectivity index is 1.32. The molecule has 1 saturated carbocycles. The minimum absolute atomic E-state index is 0.0529. The number of carbonyl (C=O) groups is 5. The van der Waals surface area contributed by atoms with Crippen molar-refractivity contribution in [2.24, 2.45) is 0 Å². The van der Waals surface area contributed by atoms with E-state index in [2.05, 4.69) is 26.8 Å². The van der Waals surface area contributed by atoms with Gasteiger partial charge in [-0.1, -0.05) is 35.2 Å². The fourth-order valence-corrected chi connectivity index (χ4v) is 4.37. The molecule has 0 bridgehead atoms. The van der Waals surface area contributed by atoms with E-state index >= 15 is 0 Å². The summed E-state index contributed by atoms with van der Waals surface area (Å²) in [5, 5.41) is 0. The van der Waals surface area contributed by atoms with Crippen molar-refractivity contribution in [2.45, 2.75) is 38.1 Å². The molecule has 176 valence electrons. The van der Waals surface area contributed by atoms with Gasteiger partial charge >= 0.3 is 5.97 Å². The maximum atomic E-state index is 12.9. The third-order valence-electron chi connectivity index (χ3n) is 5.85. The number of fused-ring (bicyclic) bond motifs is 1. The van der Waals surface area contributed by atoms with E-state index in [1.807, 2.05) is 0 Å². The Morgan fingerprint density at radius 1 is 0.882 bits per heavy atom. The zero-order chi connectivity index (χ0) is 24.2. The number of carbonyl (C=O) groups excluding carboxylic acids is 5. The topological polar surface area (TPSA) is 122 Å². The van der Waals surface area contributed by atoms with Crippen LogP contribution in [-0.4, -0.2) is 47.1 Å². The van der Waals surface area contributed by atoms with Crippen LogP contribution in [0.25, 0.3) is 0 Å². The van der Waals surface area contributed by atoms with Crippen LogP contribution in [0, 0.1) is 0 Å². The van der Waals surface area contributed by atoms with Gasteiger partial charge in [0.05, 0.1) is 16.7 Å². The van der Waals surface area contributed by atoms with Crippen LogP contribution >= 0.6 is 15.9 Å². The number of hydrogen-bond donors (Lipinski definition) is 2. The first-order valence-electron chi connectivity index (χ1n) is 10.9. The number of hydrazine groups is 1. The van der Waals surface area contributed by atoms with Crippen LogP contribution in [0.4, 0.5) is 0 Å². The lowest BCUT2D eigenvalue weighted by molar-refractivity contribution is -0.125. The average molecular weight is 528 g/mol. The molecule has 1 aliphatic heterocycles. The number of ether oxygens (including phenoxy) is 1. The van der Waals surface area contributed by atoms with Gasteiger partial charge in [-0.25, -0.2) is 4.79 Å². The Kier molecular flexibility index (Phi) is 7.06. The SMILES string of the molecule is O=C(COC(=O)c1ccc2c(c1)C(=O)N(C1CCCCC1)C2=O)NNC(=O)c1ccc(Br)cc1. The molecule has 34 heavy (non-hydrogen) atoms. The third kappa shape index (κ3) is 5.01. The Morgan fingerprint density at radius 3 is 2.24 bits per heavy atom. The van der Waals surface area contributed by atoms with Gasteiger partial charge in [-0.15, -0.1) is 0 Å². The van der Waals surface area contributed by atoms with Crippen molar-refractivity contribution in [3.8, 4) is 0 Å². The van der Waals surface area contributed by atoms with E-state index in [0.717, 1.165) is 36.6 Å². The molecule has 4 rings (SSSR count). The highest BCUT2D eigenvalue weighted by molar-refractivity contribution is 9.10. The Bertz CT molecular complexity index is 1160. The maximum Gasteiger partial charge on any atom is 0.338 e. The summed E-state index contributed by atoms with van der Waals surface area (Å²) in [6.07, 6.45) is 4.61. The van der Waals surface area contributed by atoms with E-state index in [1.165, 1.54) is 23.1 Å². The van der Waals surface area contributed by atoms with Crippen molar-refractivity contribution in [1.29, 1.82) is 0 Å². The smallest absolute Gasteiger partial charge is 0.338 e. The molecule has 2 aliphatic rings. The number of nitrogens with one attached hydrogen (secondary N) is 2. The normalized spacial score (nSPS) is 15.6. The van der Waals surface area contributed by atoms with Crippen molar-refractivity contribution in [2.75, 3.05) is 6.61 Å². The van der Waals surface area contributed by atoms with Crippen molar-refractivity contribution in [3.05, 3.63) is 69.2 Å². The van der Waals surface area contributed by atoms with Crippen LogP contribution in [0.1, 0.15) is 73.5 Å². The number of imide groups is 1. The molecule has 2 aromatic carbocycles. The Morgan fingerprint density at radius 2 is 1.53 bits per heavy atom. The molecule has 10 heteroatoms. The molecule has 2 N–H and O–H groups in total. The molecule has 0 saturated heterocycles. The van der Waals surface area contributed by atoms with Crippen LogP contribution in [0.3, 0.4) is 0 Å². The fraction of sp³-hybridized carbons (Fsp3) is 0.292. The van der Waals surface area contributed by atoms with E-state index in [-0.39, 0.29) is 28.6 Å². The molecule has 4 amide bonds. The predicted molar refractivity (Wildman–Crippen MR) is 124 cm³/mol. The first-order valence-corrected chi connectivity index (χ1v) is 11.7. The predicted octanol–water partition coefficient (Wildman–Crippen LogP) is 3.00. The minimum Gasteiger partial charge on any atom is -0.452 e. The first-order chi connectivity index (χ1) is 16.3. The summed E-state index contributed by atoms with van der Waals surface area (Å²) in [5.41, 5.74) is 5.21. The van der Waals surface area contributed by atoms with Gasteiger partial charge in [0.15, 0.2) is 6.61 Å². The van der Waals surface area contributed by atoms with Gasteiger partial charge in [-0.05, 0) is 55.3 Å². The number of rotatable bonds is 5. The number of hydrogen-bond acceptors (Lipinski definition) is 6. The van der Waals surface area contributed by atoms with Gasteiger partial charge in [0, 0.05) is 16.1 Å². The van der Waals surface area contributed by atoms with E-state index in [0.29, 0.717) is 5.56 Å². The highest BCUT2D eigenvalue weighted by Crippen LogP contribution is 2.31. The largest absolute Gasteiger partial charge is 0.452 e. The standard InChI is InChI=1S/C24H22BrN3O6/c25-16-9-6-14(7-10-16)21(30)27-26-20(29)13-34-24(33)15-8-11-18-19(12-15)23(32)28(22(18)31)17-4-2-1-3-5-17/h6-12,17H,1-5,13H2,(H,26,29)(H,27,30). The van der Waals surface area contributed by atoms with Crippen LogP contribution in [-0.2, 0) is 9.53 Å². The fourth-order valence-electron chi connectivity index (χ4n) is 4.11. The molecule has 0 aromatic heterocycles. The van der Waals surface area contributed by atoms with Gasteiger partial charge in [0.1, 0.15) is 0 Å². The highest BCUT2D eigenvalue weighted by Gasteiger charge is 2.40.